The maximum absolute atomic E-state index is 11.4. The van der Waals surface area contributed by atoms with E-state index in [4.69, 9.17) is 4.74 Å². The largest absolute Gasteiger partial charge is 0.458 e. The van der Waals surface area contributed by atoms with Gasteiger partial charge < -0.3 is 9.84 Å². The number of allylic oxidation sites excluding steroid dienone is 4. The summed E-state index contributed by atoms with van der Waals surface area (Å²) in [6.07, 6.45) is 8.39. The normalized spacial score (nSPS) is 18.8. The second-order valence-electron chi connectivity index (χ2n) is 3.87. The number of aliphatic hydroxyl groups is 1. The number of esters is 1. The Morgan fingerprint density at radius 1 is 1.50 bits per heavy atom. The average molecular weight is 222 g/mol. The van der Waals surface area contributed by atoms with Crippen LogP contribution in [0.2, 0.25) is 0 Å². The first-order valence-electron chi connectivity index (χ1n) is 5.49. The van der Waals surface area contributed by atoms with Crippen LogP contribution in [0.25, 0.3) is 0 Å². The molecule has 0 aromatic heterocycles. The van der Waals surface area contributed by atoms with Gasteiger partial charge in [-0.15, -0.1) is 0 Å². The third kappa shape index (κ3) is 3.66. The van der Waals surface area contributed by atoms with E-state index in [-0.39, 0.29) is 5.97 Å². The molecule has 0 aliphatic carbocycles. The Kier molecular flexibility index (Phi) is 4.99. The van der Waals surface area contributed by atoms with Crippen LogP contribution in [0.15, 0.2) is 35.5 Å². The predicted octanol–water partition coefficient (Wildman–Crippen LogP) is 2.13. The van der Waals surface area contributed by atoms with Crippen molar-refractivity contribution in [3.63, 3.8) is 0 Å². The van der Waals surface area contributed by atoms with Gasteiger partial charge in [0.1, 0.15) is 6.61 Å². The minimum Gasteiger partial charge on any atom is -0.458 e. The van der Waals surface area contributed by atoms with Gasteiger partial charge in [-0.05, 0) is 25.8 Å². The molecular formula is C13H18O3. The molecule has 16 heavy (non-hydrogen) atoms. The molecule has 0 saturated heterocycles. The zero-order valence-electron chi connectivity index (χ0n) is 9.77. The van der Waals surface area contributed by atoms with E-state index < -0.39 is 6.10 Å². The summed E-state index contributed by atoms with van der Waals surface area (Å²) >= 11 is 0. The van der Waals surface area contributed by atoms with Gasteiger partial charge in [0.05, 0.1) is 6.10 Å². The molecule has 1 atom stereocenters. The molecule has 1 aliphatic rings. The summed E-state index contributed by atoms with van der Waals surface area (Å²) in [7, 11) is 0. The van der Waals surface area contributed by atoms with Gasteiger partial charge in [0.2, 0.25) is 0 Å². The Morgan fingerprint density at radius 2 is 2.25 bits per heavy atom. The molecule has 0 radical (unpaired) electrons. The number of ether oxygens (including phenoxy) is 1. The molecule has 1 rings (SSSR count). The Balaban J connectivity index is 2.66. The molecule has 0 amide bonds. The fourth-order valence-electron chi connectivity index (χ4n) is 1.58. The van der Waals surface area contributed by atoms with Gasteiger partial charge in [-0.2, -0.15) is 0 Å². The highest BCUT2D eigenvalue weighted by Gasteiger charge is 2.24. The van der Waals surface area contributed by atoms with Crippen LogP contribution < -0.4 is 0 Å². The quantitative estimate of drug-likeness (QED) is 0.572. The fraction of sp³-hybridized carbons (Fsp3) is 0.462. The Morgan fingerprint density at radius 3 is 2.88 bits per heavy atom. The van der Waals surface area contributed by atoms with Crippen LogP contribution in [0.3, 0.4) is 0 Å². The lowest BCUT2D eigenvalue weighted by Gasteiger charge is -2.03. The van der Waals surface area contributed by atoms with Crippen molar-refractivity contribution in [3.05, 3.63) is 35.5 Å². The summed E-state index contributed by atoms with van der Waals surface area (Å²) in [5, 5.41) is 9.29. The molecule has 0 saturated carbocycles. The third-order valence-corrected chi connectivity index (χ3v) is 2.35. The van der Waals surface area contributed by atoms with E-state index in [9.17, 15) is 9.90 Å². The maximum Gasteiger partial charge on any atom is 0.334 e. The van der Waals surface area contributed by atoms with E-state index in [1.807, 2.05) is 31.2 Å². The topological polar surface area (TPSA) is 46.5 Å². The number of carbonyl (C=O) groups excluding carboxylic acids is 1. The zero-order valence-corrected chi connectivity index (χ0v) is 9.77. The SMILES string of the molecule is C/C=C/C=C/CC1=C(C[C@H](C)O)C(=O)OC1. The zero-order chi connectivity index (χ0) is 12.0. The number of aliphatic hydroxyl groups excluding tert-OH is 1. The van der Waals surface area contributed by atoms with E-state index in [1.54, 1.807) is 6.92 Å². The first-order chi connectivity index (χ1) is 7.65. The predicted molar refractivity (Wildman–Crippen MR) is 62.9 cm³/mol. The molecule has 1 aliphatic heterocycles. The lowest BCUT2D eigenvalue weighted by atomic mass is 10.0. The molecule has 0 unspecified atom stereocenters. The van der Waals surface area contributed by atoms with Crippen molar-refractivity contribution < 1.29 is 14.6 Å². The standard InChI is InChI=1S/C13H18O3/c1-3-4-5-6-7-11-9-16-13(15)12(11)8-10(2)14/h3-6,10,14H,7-9H2,1-2H3/b4-3+,6-5+/t10-/m0/s1. The van der Waals surface area contributed by atoms with Crippen molar-refractivity contribution in [2.24, 2.45) is 0 Å². The molecule has 1 N–H and O–H groups in total. The highest BCUT2D eigenvalue weighted by atomic mass is 16.5. The van der Waals surface area contributed by atoms with Gasteiger partial charge in [0.15, 0.2) is 0 Å². The van der Waals surface area contributed by atoms with Gasteiger partial charge in [-0.3, -0.25) is 0 Å². The second kappa shape index (κ2) is 6.28. The van der Waals surface area contributed by atoms with E-state index in [0.717, 1.165) is 5.57 Å². The smallest absolute Gasteiger partial charge is 0.334 e. The Bertz CT molecular complexity index is 335. The molecular weight excluding hydrogens is 204 g/mol. The molecule has 0 aromatic rings. The highest BCUT2D eigenvalue weighted by Crippen LogP contribution is 2.23. The summed E-state index contributed by atoms with van der Waals surface area (Å²) < 4.78 is 4.96. The number of hydrogen-bond acceptors (Lipinski definition) is 3. The molecule has 88 valence electrons. The van der Waals surface area contributed by atoms with E-state index in [1.165, 1.54) is 0 Å². The summed E-state index contributed by atoms with van der Waals surface area (Å²) in [6.45, 7) is 3.98. The van der Waals surface area contributed by atoms with Gasteiger partial charge >= 0.3 is 5.97 Å². The van der Waals surface area contributed by atoms with Gasteiger partial charge in [0.25, 0.3) is 0 Å². The highest BCUT2D eigenvalue weighted by molar-refractivity contribution is 5.91. The number of hydrogen-bond donors (Lipinski definition) is 1. The molecule has 3 nitrogen and oxygen atoms in total. The summed E-state index contributed by atoms with van der Waals surface area (Å²) in [6, 6.07) is 0. The van der Waals surface area contributed by atoms with E-state index >= 15 is 0 Å². The maximum atomic E-state index is 11.4. The van der Waals surface area contributed by atoms with Gasteiger partial charge in [0, 0.05) is 12.0 Å². The van der Waals surface area contributed by atoms with Crippen molar-refractivity contribution in [2.45, 2.75) is 32.8 Å². The van der Waals surface area contributed by atoms with Crippen molar-refractivity contribution in [1.82, 2.24) is 0 Å². The van der Waals surface area contributed by atoms with Gasteiger partial charge in [-0.25, -0.2) is 4.79 Å². The number of cyclic esters (lactones) is 1. The fourth-order valence-corrected chi connectivity index (χ4v) is 1.58. The van der Waals surface area contributed by atoms with Crippen LogP contribution in [0.5, 0.6) is 0 Å². The van der Waals surface area contributed by atoms with Gasteiger partial charge in [-0.1, -0.05) is 24.3 Å². The lowest BCUT2D eigenvalue weighted by Crippen LogP contribution is -2.07. The van der Waals surface area contributed by atoms with E-state index in [2.05, 4.69) is 0 Å². The molecule has 0 spiro atoms. The monoisotopic (exact) mass is 222 g/mol. The minimum atomic E-state index is -0.504. The molecule has 0 bridgehead atoms. The summed E-state index contributed by atoms with van der Waals surface area (Å²) in [5.74, 6) is -0.282. The van der Waals surface area contributed by atoms with Crippen molar-refractivity contribution in [2.75, 3.05) is 6.61 Å². The number of rotatable bonds is 5. The van der Waals surface area contributed by atoms with Crippen LogP contribution in [0.4, 0.5) is 0 Å². The Labute approximate surface area is 96.1 Å². The van der Waals surface area contributed by atoms with Crippen molar-refractivity contribution >= 4 is 5.97 Å². The number of carbonyl (C=O) groups is 1. The molecule has 1 heterocycles. The van der Waals surface area contributed by atoms with Crippen LogP contribution in [0, 0.1) is 0 Å². The van der Waals surface area contributed by atoms with E-state index in [0.29, 0.717) is 25.0 Å². The average Bonchev–Trinajstić information content (AvgIpc) is 2.56. The molecule has 0 fully saturated rings. The Hall–Kier alpha value is -1.35. The minimum absolute atomic E-state index is 0.282. The van der Waals surface area contributed by atoms with Crippen LogP contribution >= 0.6 is 0 Å². The molecule has 3 heteroatoms. The van der Waals surface area contributed by atoms with Crippen molar-refractivity contribution in [3.8, 4) is 0 Å². The second-order valence-corrected chi connectivity index (χ2v) is 3.87. The third-order valence-electron chi connectivity index (χ3n) is 2.35. The first kappa shape index (κ1) is 12.7. The van der Waals surface area contributed by atoms with Crippen LogP contribution in [0.1, 0.15) is 26.7 Å². The summed E-state index contributed by atoms with van der Waals surface area (Å²) in [5.41, 5.74) is 1.62. The summed E-state index contributed by atoms with van der Waals surface area (Å²) in [4.78, 5) is 11.4. The lowest BCUT2D eigenvalue weighted by molar-refractivity contribution is -0.136. The first-order valence-corrected chi connectivity index (χ1v) is 5.49. The van der Waals surface area contributed by atoms with Crippen LogP contribution in [-0.2, 0) is 9.53 Å². The molecule has 0 aromatic carbocycles. The van der Waals surface area contributed by atoms with Crippen LogP contribution in [-0.4, -0.2) is 23.8 Å². The van der Waals surface area contributed by atoms with Crippen molar-refractivity contribution in [1.29, 1.82) is 0 Å².